The van der Waals surface area contributed by atoms with Crippen LogP contribution >= 0.6 is 11.6 Å². The summed E-state index contributed by atoms with van der Waals surface area (Å²) in [7, 11) is 0. The first-order valence-corrected chi connectivity index (χ1v) is 3.69. The summed E-state index contributed by atoms with van der Waals surface area (Å²) in [6.45, 7) is 0. The normalized spacial score (nSPS) is 10.4. The van der Waals surface area contributed by atoms with Gasteiger partial charge in [0.25, 0.3) is 0 Å². The zero-order valence-electron chi connectivity index (χ0n) is 5.95. The van der Waals surface area contributed by atoms with Gasteiger partial charge in [-0.25, -0.2) is 0 Å². The molecule has 0 saturated heterocycles. The first kappa shape index (κ1) is 7.31. The number of hydrogen-bond donors (Lipinski definition) is 0. The quantitative estimate of drug-likeness (QED) is 0.634. The van der Waals surface area contributed by atoms with E-state index >= 15 is 0 Å². The average molecular weight is 182 g/mol. The van der Waals surface area contributed by atoms with Gasteiger partial charge in [0.15, 0.2) is 10.7 Å². The summed E-state index contributed by atoms with van der Waals surface area (Å²) in [5, 5.41) is 4.50. The van der Waals surface area contributed by atoms with Crippen LogP contribution in [0.1, 0.15) is 10.4 Å². The summed E-state index contributed by atoms with van der Waals surface area (Å²) >= 11 is 5.68. The number of aromatic nitrogens is 1. The molecule has 1 aromatic carbocycles. The highest BCUT2D eigenvalue weighted by Gasteiger charge is 2.05. The largest absolute Gasteiger partial charge is 0.355 e. The molecule has 0 aliphatic heterocycles. The summed E-state index contributed by atoms with van der Waals surface area (Å²) < 4.78 is 4.85. The minimum atomic E-state index is 0.286. The number of aldehydes is 1. The van der Waals surface area contributed by atoms with Crippen molar-refractivity contribution >= 4 is 28.9 Å². The fourth-order valence-electron chi connectivity index (χ4n) is 1.00. The highest BCUT2D eigenvalue weighted by molar-refractivity contribution is 6.34. The van der Waals surface area contributed by atoms with Gasteiger partial charge in [0.05, 0.1) is 5.39 Å². The van der Waals surface area contributed by atoms with Crippen molar-refractivity contribution < 1.29 is 9.32 Å². The first-order valence-electron chi connectivity index (χ1n) is 3.31. The SMILES string of the molecule is O=Cc1ccc2onc(Cl)c2c1. The van der Waals surface area contributed by atoms with Crippen molar-refractivity contribution in [3.05, 3.63) is 28.9 Å². The Morgan fingerprint density at radius 3 is 3.08 bits per heavy atom. The van der Waals surface area contributed by atoms with Gasteiger partial charge in [-0.3, -0.25) is 4.79 Å². The number of hydrogen-bond acceptors (Lipinski definition) is 3. The van der Waals surface area contributed by atoms with Crippen molar-refractivity contribution in [2.75, 3.05) is 0 Å². The van der Waals surface area contributed by atoms with Crippen LogP contribution in [0.3, 0.4) is 0 Å². The van der Waals surface area contributed by atoms with Gasteiger partial charge < -0.3 is 4.52 Å². The molecule has 0 fully saturated rings. The molecule has 0 amide bonds. The van der Waals surface area contributed by atoms with Crippen LogP contribution in [0.25, 0.3) is 11.0 Å². The third-order valence-corrected chi connectivity index (χ3v) is 1.86. The molecule has 2 rings (SSSR count). The third kappa shape index (κ3) is 0.987. The molecule has 0 N–H and O–H groups in total. The molecule has 1 aromatic heterocycles. The van der Waals surface area contributed by atoms with E-state index in [-0.39, 0.29) is 5.15 Å². The molecule has 0 atom stereocenters. The van der Waals surface area contributed by atoms with Crippen LogP contribution < -0.4 is 0 Å². The van der Waals surface area contributed by atoms with Gasteiger partial charge in [0.2, 0.25) is 0 Å². The highest BCUT2D eigenvalue weighted by Crippen LogP contribution is 2.22. The predicted molar refractivity (Wildman–Crippen MR) is 44.4 cm³/mol. The van der Waals surface area contributed by atoms with Crippen molar-refractivity contribution in [1.29, 1.82) is 0 Å². The summed E-state index contributed by atoms with van der Waals surface area (Å²) in [5.41, 5.74) is 1.15. The molecule has 12 heavy (non-hydrogen) atoms. The maximum atomic E-state index is 10.4. The Morgan fingerprint density at radius 1 is 1.50 bits per heavy atom. The van der Waals surface area contributed by atoms with Crippen molar-refractivity contribution in [2.24, 2.45) is 0 Å². The number of nitrogens with zero attached hydrogens (tertiary/aromatic N) is 1. The molecule has 0 spiro atoms. The lowest BCUT2D eigenvalue weighted by molar-refractivity contribution is 0.112. The summed E-state index contributed by atoms with van der Waals surface area (Å²) in [5.74, 6) is 0. The van der Waals surface area contributed by atoms with E-state index in [1.54, 1.807) is 18.2 Å². The fraction of sp³-hybridized carbons (Fsp3) is 0. The fourth-order valence-corrected chi connectivity index (χ4v) is 1.18. The molecule has 0 bridgehead atoms. The van der Waals surface area contributed by atoms with E-state index in [1.807, 2.05) is 0 Å². The maximum absolute atomic E-state index is 10.4. The molecular weight excluding hydrogens is 178 g/mol. The van der Waals surface area contributed by atoms with Crippen LogP contribution in [0.4, 0.5) is 0 Å². The van der Waals surface area contributed by atoms with Crippen LogP contribution in [0, 0.1) is 0 Å². The van der Waals surface area contributed by atoms with Gasteiger partial charge in [-0.1, -0.05) is 16.8 Å². The number of carbonyl (C=O) groups is 1. The van der Waals surface area contributed by atoms with E-state index in [4.69, 9.17) is 16.1 Å². The number of rotatable bonds is 1. The number of fused-ring (bicyclic) bond motifs is 1. The van der Waals surface area contributed by atoms with Gasteiger partial charge in [-0.15, -0.1) is 0 Å². The van der Waals surface area contributed by atoms with E-state index in [0.717, 1.165) is 6.29 Å². The predicted octanol–water partition coefficient (Wildman–Crippen LogP) is 2.29. The number of halogens is 1. The molecule has 2 aromatic rings. The van der Waals surface area contributed by atoms with Gasteiger partial charge in [0, 0.05) is 5.56 Å². The smallest absolute Gasteiger partial charge is 0.180 e. The van der Waals surface area contributed by atoms with Gasteiger partial charge in [0.1, 0.15) is 6.29 Å². The molecule has 0 unspecified atom stereocenters. The van der Waals surface area contributed by atoms with E-state index in [0.29, 0.717) is 16.5 Å². The molecule has 0 aliphatic rings. The maximum Gasteiger partial charge on any atom is 0.180 e. The summed E-state index contributed by atoms with van der Waals surface area (Å²) in [6, 6.07) is 4.95. The summed E-state index contributed by atoms with van der Waals surface area (Å²) in [4.78, 5) is 10.4. The Bertz CT molecular complexity index is 436. The van der Waals surface area contributed by atoms with Gasteiger partial charge >= 0.3 is 0 Å². The zero-order valence-corrected chi connectivity index (χ0v) is 6.71. The van der Waals surface area contributed by atoms with E-state index in [2.05, 4.69) is 5.16 Å². The highest BCUT2D eigenvalue weighted by atomic mass is 35.5. The minimum Gasteiger partial charge on any atom is -0.355 e. The van der Waals surface area contributed by atoms with Crippen LogP contribution in [0.5, 0.6) is 0 Å². The van der Waals surface area contributed by atoms with Crippen molar-refractivity contribution in [3.63, 3.8) is 0 Å². The zero-order chi connectivity index (χ0) is 8.55. The van der Waals surface area contributed by atoms with Gasteiger partial charge in [-0.05, 0) is 18.2 Å². The minimum absolute atomic E-state index is 0.286. The molecule has 4 heteroatoms. The standard InChI is InChI=1S/C8H4ClNO2/c9-8-6-3-5(4-11)1-2-7(6)12-10-8/h1-4H. The van der Waals surface area contributed by atoms with Crippen LogP contribution in [0.15, 0.2) is 22.7 Å². The molecule has 0 aliphatic carbocycles. The Balaban J connectivity index is 2.79. The van der Waals surface area contributed by atoms with E-state index < -0.39 is 0 Å². The van der Waals surface area contributed by atoms with Gasteiger partial charge in [-0.2, -0.15) is 0 Å². The van der Waals surface area contributed by atoms with E-state index in [1.165, 1.54) is 0 Å². The van der Waals surface area contributed by atoms with E-state index in [9.17, 15) is 4.79 Å². The van der Waals surface area contributed by atoms with Crippen LogP contribution in [-0.2, 0) is 0 Å². The Kier molecular flexibility index (Phi) is 1.59. The molecular formula is C8H4ClNO2. The third-order valence-electron chi connectivity index (χ3n) is 1.59. The number of carbonyl (C=O) groups excluding carboxylic acids is 1. The Morgan fingerprint density at radius 2 is 2.33 bits per heavy atom. The second-order valence-corrected chi connectivity index (χ2v) is 2.70. The van der Waals surface area contributed by atoms with Crippen molar-refractivity contribution in [3.8, 4) is 0 Å². The second kappa shape index (κ2) is 2.60. The Hall–Kier alpha value is -1.35. The van der Waals surface area contributed by atoms with Crippen molar-refractivity contribution in [2.45, 2.75) is 0 Å². The monoisotopic (exact) mass is 181 g/mol. The molecule has 3 nitrogen and oxygen atoms in total. The molecule has 1 heterocycles. The number of benzene rings is 1. The first-order chi connectivity index (χ1) is 5.81. The molecule has 0 saturated carbocycles. The topological polar surface area (TPSA) is 43.1 Å². The lowest BCUT2D eigenvalue weighted by Gasteiger charge is -1.87. The molecule has 60 valence electrons. The lowest BCUT2D eigenvalue weighted by atomic mass is 10.2. The van der Waals surface area contributed by atoms with Crippen LogP contribution in [-0.4, -0.2) is 11.4 Å². The molecule has 0 radical (unpaired) electrons. The average Bonchev–Trinajstić information content (AvgIpc) is 2.47. The second-order valence-electron chi connectivity index (χ2n) is 2.35. The van der Waals surface area contributed by atoms with Crippen molar-refractivity contribution in [1.82, 2.24) is 5.16 Å². The lowest BCUT2D eigenvalue weighted by Crippen LogP contribution is -1.76. The Labute approximate surface area is 72.9 Å². The van der Waals surface area contributed by atoms with Crippen LogP contribution in [0.2, 0.25) is 5.15 Å². The summed E-state index contributed by atoms with van der Waals surface area (Å²) in [6.07, 6.45) is 0.753.